The molecule has 1 aromatic carbocycles. The molecule has 0 bridgehead atoms. The maximum atomic E-state index is 6.23. The lowest BCUT2D eigenvalue weighted by molar-refractivity contribution is 0.124. The van der Waals surface area contributed by atoms with E-state index in [0.29, 0.717) is 12.0 Å². The van der Waals surface area contributed by atoms with E-state index in [4.69, 9.17) is 5.73 Å². The average Bonchev–Trinajstić information content (AvgIpc) is 2.49. The van der Waals surface area contributed by atoms with Gasteiger partial charge in [-0.1, -0.05) is 44.2 Å². The van der Waals surface area contributed by atoms with Crippen LogP contribution in [-0.4, -0.2) is 55.1 Å². The Morgan fingerprint density at radius 2 is 1.64 bits per heavy atom. The molecule has 3 nitrogen and oxygen atoms in total. The molecule has 1 aromatic rings. The zero-order valence-electron chi connectivity index (χ0n) is 14.4. The minimum atomic E-state index is 0.338. The van der Waals surface area contributed by atoms with Gasteiger partial charge in [0.15, 0.2) is 0 Å². The molecule has 1 aliphatic rings. The first kappa shape index (κ1) is 17.5. The molecule has 0 amide bonds. The molecule has 0 spiro atoms. The van der Waals surface area contributed by atoms with Gasteiger partial charge in [-0.15, -0.1) is 0 Å². The zero-order chi connectivity index (χ0) is 15.8. The molecule has 2 rings (SSSR count). The first-order valence-electron chi connectivity index (χ1n) is 8.87. The van der Waals surface area contributed by atoms with Crippen LogP contribution in [0.2, 0.25) is 0 Å². The van der Waals surface area contributed by atoms with E-state index in [2.05, 4.69) is 54.0 Å². The molecular weight excluding hydrogens is 270 g/mol. The first-order chi connectivity index (χ1) is 10.6. The Hall–Kier alpha value is -0.900. The Morgan fingerprint density at radius 3 is 2.27 bits per heavy atom. The highest BCUT2D eigenvalue weighted by Crippen LogP contribution is 2.09. The van der Waals surface area contributed by atoms with Crippen LogP contribution in [0.3, 0.4) is 0 Å². The predicted molar refractivity (Wildman–Crippen MR) is 95.1 cm³/mol. The SMILES string of the molecule is CC(C)C[C@H](N)CN1CCN(CCCc2ccccc2)CC1. The molecule has 0 radical (unpaired) electrons. The number of piperazine rings is 1. The second kappa shape index (κ2) is 9.29. The van der Waals surface area contributed by atoms with Crippen molar-refractivity contribution < 1.29 is 0 Å². The highest BCUT2D eigenvalue weighted by Gasteiger charge is 2.18. The summed E-state index contributed by atoms with van der Waals surface area (Å²) in [4.78, 5) is 5.15. The maximum Gasteiger partial charge on any atom is 0.0170 e. The van der Waals surface area contributed by atoms with E-state index in [-0.39, 0.29) is 0 Å². The van der Waals surface area contributed by atoms with Gasteiger partial charge in [0.2, 0.25) is 0 Å². The van der Waals surface area contributed by atoms with Crippen molar-refractivity contribution in [3.63, 3.8) is 0 Å². The lowest BCUT2D eigenvalue weighted by atomic mass is 10.0. The molecule has 1 atom stereocenters. The Morgan fingerprint density at radius 1 is 1.00 bits per heavy atom. The Kier molecular flexibility index (Phi) is 7.37. The molecule has 0 saturated carbocycles. The summed E-state index contributed by atoms with van der Waals surface area (Å²) in [6.07, 6.45) is 3.59. The topological polar surface area (TPSA) is 32.5 Å². The van der Waals surface area contributed by atoms with Gasteiger partial charge in [-0.2, -0.15) is 0 Å². The van der Waals surface area contributed by atoms with Crippen molar-refractivity contribution in [3.05, 3.63) is 35.9 Å². The number of rotatable bonds is 8. The van der Waals surface area contributed by atoms with Crippen LogP contribution >= 0.6 is 0 Å². The van der Waals surface area contributed by atoms with Gasteiger partial charge in [-0.3, -0.25) is 4.90 Å². The summed E-state index contributed by atoms with van der Waals surface area (Å²) in [5, 5.41) is 0. The van der Waals surface area contributed by atoms with E-state index in [9.17, 15) is 0 Å². The van der Waals surface area contributed by atoms with Gasteiger partial charge in [0.25, 0.3) is 0 Å². The first-order valence-corrected chi connectivity index (χ1v) is 8.87. The van der Waals surface area contributed by atoms with Crippen LogP contribution in [0.5, 0.6) is 0 Å². The number of hydrogen-bond donors (Lipinski definition) is 1. The van der Waals surface area contributed by atoms with E-state index in [1.165, 1.54) is 51.1 Å². The summed E-state index contributed by atoms with van der Waals surface area (Å²) in [5.41, 5.74) is 7.69. The fraction of sp³-hybridized carbons (Fsp3) is 0.684. The monoisotopic (exact) mass is 303 g/mol. The zero-order valence-corrected chi connectivity index (χ0v) is 14.4. The highest BCUT2D eigenvalue weighted by atomic mass is 15.3. The number of hydrogen-bond acceptors (Lipinski definition) is 3. The van der Waals surface area contributed by atoms with Crippen LogP contribution < -0.4 is 5.73 Å². The maximum absolute atomic E-state index is 6.23. The van der Waals surface area contributed by atoms with Crippen LogP contribution in [0.15, 0.2) is 30.3 Å². The summed E-state index contributed by atoms with van der Waals surface area (Å²) in [5.74, 6) is 0.703. The second-order valence-corrected chi connectivity index (χ2v) is 7.12. The summed E-state index contributed by atoms with van der Waals surface area (Å²) in [6, 6.07) is 11.2. The number of benzene rings is 1. The Balaban J connectivity index is 1.59. The van der Waals surface area contributed by atoms with Crippen molar-refractivity contribution in [3.8, 4) is 0 Å². The predicted octanol–water partition coefficient (Wildman–Crippen LogP) is 2.61. The van der Waals surface area contributed by atoms with Crippen molar-refractivity contribution in [1.29, 1.82) is 0 Å². The lowest BCUT2D eigenvalue weighted by Crippen LogP contribution is -2.50. The molecule has 0 unspecified atom stereocenters. The second-order valence-electron chi connectivity index (χ2n) is 7.12. The van der Waals surface area contributed by atoms with Crippen molar-refractivity contribution in [2.75, 3.05) is 39.3 Å². The summed E-state index contributed by atoms with van der Waals surface area (Å²) in [6.45, 7) is 11.5. The van der Waals surface area contributed by atoms with E-state index >= 15 is 0 Å². The van der Waals surface area contributed by atoms with Crippen molar-refractivity contribution in [2.24, 2.45) is 11.7 Å². The van der Waals surface area contributed by atoms with Crippen LogP contribution in [0.1, 0.15) is 32.3 Å². The number of nitrogens with zero attached hydrogens (tertiary/aromatic N) is 2. The molecule has 22 heavy (non-hydrogen) atoms. The normalized spacial score (nSPS) is 18.7. The fourth-order valence-electron chi connectivity index (χ4n) is 3.36. The van der Waals surface area contributed by atoms with Crippen LogP contribution in [-0.2, 0) is 6.42 Å². The summed E-state index contributed by atoms with van der Waals surface area (Å²) >= 11 is 0. The van der Waals surface area contributed by atoms with Crippen molar-refractivity contribution in [2.45, 2.75) is 39.2 Å². The number of nitrogens with two attached hydrogens (primary N) is 1. The minimum Gasteiger partial charge on any atom is -0.327 e. The molecule has 2 N–H and O–H groups in total. The van der Waals surface area contributed by atoms with E-state index in [1.807, 2.05) is 0 Å². The van der Waals surface area contributed by atoms with Crippen molar-refractivity contribution >= 4 is 0 Å². The average molecular weight is 303 g/mol. The third kappa shape index (κ3) is 6.47. The van der Waals surface area contributed by atoms with Crippen molar-refractivity contribution in [1.82, 2.24) is 9.80 Å². The van der Waals surface area contributed by atoms with Gasteiger partial charge >= 0.3 is 0 Å². The van der Waals surface area contributed by atoms with Crippen LogP contribution in [0.4, 0.5) is 0 Å². The van der Waals surface area contributed by atoms with E-state index < -0.39 is 0 Å². The number of aryl methyl sites for hydroxylation is 1. The van der Waals surface area contributed by atoms with E-state index in [0.717, 1.165) is 13.0 Å². The van der Waals surface area contributed by atoms with Gasteiger partial charge in [0.05, 0.1) is 0 Å². The largest absolute Gasteiger partial charge is 0.327 e. The molecular formula is C19H33N3. The van der Waals surface area contributed by atoms with Gasteiger partial charge < -0.3 is 10.6 Å². The lowest BCUT2D eigenvalue weighted by Gasteiger charge is -2.36. The molecule has 124 valence electrons. The van der Waals surface area contributed by atoms with Gasteiger partial charge in [-0.05, 0) is 37.3 Å². The van der Waals surface area contributed by atoms with Crippen LogP contribution in [0, 0.1) is 5.92 Å². The third-order valence-corrected chi connectivity index (χ3v) is 4.51. The highest BCUT2D eigenvalue weighted by molar-refractivity contribution is 5.14. The third-order valence-electron chi connectivity index (χ3n) is 4.51. The molecule has 1 heterocycles. The molecule has 0 aromatic heterocycles. The standard InChI is InChI=1S/C19H33N3/c1-17(2)15-19(20)16-22-13-11-21(12-14-22)10-6-9-18-7-4-3-5-8-18/h3-5,7-8,17,19H,6,9-16,20H2,1-2H3/t19-/m0/s1. The fourth-order valence-corrected chi connectivity index (χ4v) is 3.36. The summed E-state index contributed by atoms with van der Waals surface area (Å²) < 4.78 is 0. The molecule has 1 fully saturated rings. The molecule has 1 aliphatic heterocycles. The van der Waals surface area contributed by atoms with Gasteiger partial charge in [0, 0.05) is 38.8 Å². The van der Waals surface area contributed by atoms with Gasteiger partial charge in [-0.25, -0.2) is 0 Å². The molecule has 3 heteroatoms. The Labute approximate surface area is 136 Å². The minimum absolute atomic E-state index is 0.338. The molecule has 1 saturated heterocycles. The van der Waals surface area contributed by atoms with Crippen LogP contribution in [0.25, 0.3) is 0 Å². The molecule has 0 aliphatic carbocycles. The van der Waals surface area contributed by atoms with Gasteiger partial charge in [0.1, 0.15) is 0 Å². The smallest absolute Gasteiger partial charge is 0.0170 e. The summed E-state index contributed by atoms with van der Waals surface area (Å²) in [7, 11) is 0. The Bertz CT molecular complexity index is 396. The quantitative estimate of drug-likeness (QED) is 0.801. The van der Waals surface area contributed by atoms with E-state index in [1.54, 1.807) is 0 Å².